The third kappa shape index (κ3) is 2.93. The molecule has 2 N–H and O–H groups in total. The number of fused-ring (bicyclic) bond motifs is 1. The summed E-state index contributed by atoms with van der Waals surface area (Å²) in [6, 6.07) is 0. The predicted octanol–water partition coefficient (Wildman–Crippen LogP) is -0.676. The Morgan fingerprint density at radius 3 is 2.83 bits per heavy atom. The second-order valence-corrected chi connectivity index (χ2v) is 5.65. The molecule has 2 rings (SSSR count). The van der Waals surface area contributed by atoms with Gasteiger partial charge in [-0.15, -0.1) is 0 Å². The fourth-order valence-electron chi connectivity index (χ4n) is 1.52. The number of aryl methyl sites for hydroxylation is 1. The minimum atomic E-state index is -3.16. The van der Waals surface area contributed by atoms with Gasteiger partial charge in [0.05, 0.1) is 17.8 Å². The molecule has 0 spiro atoms. The second kappa shape index (κ2) is 4.86. The summed E-state index contributed by atoms with van der Waals surface area (Å²) in [6.45, 7) is 0.735. The maximum absolute atomic E-state index is 10.9. The summed E-state index contributed by atoms with van der Waals surface area (Å²) in [7, 11) is -1.36. The molecule has 2 aromatic heterocycles. The van der Waals surface area contributed by atoms with E-state index in [0.717, 1.165) is 17.3 Å². The zero-order chi connectivity index (χ0) is 13.2. The van der Waals surface area contributed by atoms with Crippen LogP contribution in [0.25, 0.3) is 11.0 Å². The first kappa shape index (κ1) is 12.7. The van der Waals surface area contributed by atoms with E-state index in [9.17, 15) is 8.42 Å². The smallest absolute Gasteiger partial charge is 0.208 e. The van der Waals surface area contributed by atoms with Crippen LogP contribution < -0.4 is 10.0 Å². The number of nitrogens with one attached hydrogen (secondary N) is 2. The Balaban J connectivity index is 2.04. The minimum Gasteiger partial charge on any atom is -0.368 e. The molecule has 0 amide bonds. The lowest BCUT2D eigenvalue weighted by Gasteiger charge is -2.06. The number of aromatic nitrogens is 4. The largest absolute Gasteiger partial charge is 0.368 e. The number of hydrogen-bond acceptors (Lipinski definition) is 6. The number of rotatable bonds is 5. The average molecular weight is 270 g/mol. The van der Waals surface area contributed by atoms with Gasteiger partial charge in [0.1, 0.15) is 12.1 Å². The maximum atomic E-state index is 10.9. The summed E-state index contributed by atoms with van der Waals surface area (Å²) in [4.78, 5) is 8.21. The van der Waals surface area contributed by atoms with Gasteiger partial charge >= 0.3 is 0 Å². The van der Waals surface area contributed by atoms with Gasteiger partial charge in [0, 0.05) is 20.1 Å². The molecule has 0 fully saturated rings. The van der Waals surface area contributed by atoms with E-state index in [0.29, 0.717) is 18.9 Å². The fraction of sp³-hybridized carbons (Fsp3) is 0.444. The molecule has 0 atom stereocenters. The molecule has 8 nitrogen and oxygen atoms in total. The molecule has 0 unspecified atom stereocenters. The molecule has 9 heteroatoms. The highest BCUT2D eigenvalue weighted by Gasteiger charge is 2.07. The summed E-state index contributed by atoms with van der Waals surface area (Å²) in [5.41, 5.74) is 0.726. The molecule has 18 heavy (non-hydrogen) atoms. The SMILES string of the molecule is Cn1ncc2c(NCCNS(C)(=O)=O)ncnc21. The predicted molar refractivity (Wildman–Crippen MR) is 67.6 cm³/mol. The summed E-state index contributed by atoms with van der Waals surface area (Å²) in [5, 5.41) is 7.93. The van der Waals surface area contributed by atoms with E-state index < -0.39 is 10.0 Å². The highest BCUT2D eigenvalue weighted by atomic mass is 32.2. The summed E-state index contributed by atoms with van der Waals surface area (Å²) in [6.07, 6.45) is 4.23. The zero-order valence-electron chi connectivity index (χ0n) is 10.1. The van der Waals surface area contributed by atoms with E-state index in [1.807, 2.05) is 0 Å². The first-order valence-corrected chi connectivity index (χ1v) is 7.18. The van der Waals surface area contributed by atoms with Gasteiger partial charge in [-0.1, -0.05) is 0 Å². The van der Waals surface area contributed by atoms with Gasteiger partial charge in [-0.2, -0.15) is 5.10 Å². The lowest BCUT2D eigenvalue weighted by atomic mass is 10.4. The van der Waals surface area contributed by atoms with E-state index in [2.05, 4.69) is 25.1 Å². The van der Waals surface area contributed by atoms with Crippen LogP contribution in [0.15, 0.2) is 12.5 Å². The monoisotopic (exact) mass is 270 g/mol. The van der Waals surface area contributed by atoms with Gasteiger partial charge < -0.3 is 5.32 Å². The van der Waals surface area contributed by atoms with E-state index in [1.54, 1.807) is 17.9 Å². The molecular formula is C9H14N6O2S. The zero-order valence-corrected chi connectivity index (χ0v) is 10.9. The van der Waals surface area contributed by atoms with Crippen molar-refractivity contribution in [1.82, 2.24) is 24.5 Å². The van der Waals surface area contributed by atoms with Crippen LogP contribution in [0.3, 0.4) is 0 Å². The summed E-state index contributed by atoms with van der Waals surface area (Å²) >= 11 is 0. The lowest BCUT2D eigenvalue weighted by molar-refractivity contribution is 0.589. The Morgan fingerprint density at radius 2 is 2.11 bits per heavy atom. The van der Waals surface area contributed by atoms with E-state index in [-0.39, 0.29) is 0 Å². The van der Waals surface area contributed by atoms with Crippen LogP contribution in [0, 0.1) is 0 Å². The summed E-state index contributed by atoms with van der Waals surface area (Å²) < 4.78 is 25.8. The van der Waals surface area contributed by atoms with Crippen LogP contribution in [0.1, 0.15) is 0 Å². The Labute approximate surface area is 104 Å². The Morgan fingerprint density at radius 1 is 1.33 bits per heavy atom. The van der Waals surface area contributed by atoms with Gasteiger partial charge in [-0.25, -0.2) is 23.1 Å². The second-order valence-electron chi connectivity index (χ2n) is 3.82. The highest BCUT2D eigenvalue weighted by Crippen LogP contribution is 2.16. The third-order valence-electron chi connectivity index (χ3n) is 2.31. The van der Waals surface area contributed by atoms with Gasteiger partial charge in [0.2, 0.25) is 10.0 Å². The molecular weight excluding hydrogens is 256 g/mol. The third-order valence-corrected chi connectivity index (χ3v) is 3.04. The van der Waals surface area contributed by atoms with Crippen molar-refractivity contribution in [2.75, 3.05) is 24.7 Å². The Hall–Kier alpha value is -1.74. The van der Waals surface area contributed by atoms with E-state index in [4.69, 9.17) is 0 Å². The Kier molecular flexibility index (Phi) is 3.43. The molecule has 0 aliphatic rings. The maximum Gasteiger partial charge on any atom is 0.208 e. The molecule has 0 radical (unpaired) electrons. The standard InChI is InChI=1S/C9H14N6O2S/c1-15-9-7(5-13-15)8(11-6-12-9)10-3-4-14-18(2,16)17/h5-6,14H,3-4H2,1-2H3,(H,10,11,12). The fourth-order valence-corrected chi connectivity index (χ4v) is 1.99. The van der Waals surface area contributed by atoms with Gasteiger partial charge in [0.15, 0.2) is 5.65 Å². The molecule has 0 aromatic carbocycles. The van der Waals surface area contributed by atoms with Crippen LogP contribution in [0.4, 0.5) is 5.82 Å². The van der Waals surface area contributed by atoms with Gasteiger partial charge in [0.25, 0.3) is 0 Å². The first-order chi connectivity index (χ1) is 8.47. The van der Waals surface area contributed by atoms with Crippen molar-refractivity contribution in [1.29, 1.82) is 0 Å². The topological polar surface area (TPSA) is 102 Å². The van der Waals surface area contributed by atoms with Crippen molar-refractivity contribution in [3.63, 3.8) is 0 Å². The van der Waals surface area contributed by atoms with E-state index >= 15 is 0 Å². The van der Waals surface area contributed by atoms with Crippen LogP contribution in [-0.2, 0) is 17.1 Å². The van der Waals surface area contributed by atoms with Crippen LogP contribution in [0.2, 0.25) is 0 Å². The molecule has 0 saturated carbocycles. The summed E-state index contributed by atoms with van der Waals surface area (Å²) in [5.74, 6) is 0.642. The quantitative estimate of drug-likeness (QED) is 0.698. The average Bonchev–Trinajstić information content (AvgIpc) is 2.67. The van der Waals surface area contributed by atoms with Gasteiger partial charge in [-0.05, 0) is 0 Å². The number of sulfonamides is 1. The Bertz CT molecular complexity index is 650. The minimum absolute atomic E-state index is 0.296. The normalized spacial score (nSPS) is 11.9. The van der Waals surface area contributed by atoms with Crippen molar-refractivity contribution in [3.05, 3.63) is 12.5 Å². The molecule has 2 aromatic rings. The van der Waals surface area contributed by atoms with Crippen LogP contribution in [-0.4, -0.2) is 47.5 Å². The lowest BCUT2D eigenvalue weighted by Crippen LogP contribution is -2.27. The van der Waals surface area contributed by atoms with Crippen LogP contribution >= 0.6 is 0 Å². The van der Waals surface area contributed by atoms with Crippen LogP contribution in [0.5, 0.6) is 0 Å². The molecule has 0 saturated heterocycles. The highest BCUT2D eigenvalue weighted by molar-refractivity contribution is 7.88. The molecule has 0 bridgehead atoms. The van der Waals surface area contributed by atoms with E-state index in [1.165, 1.54) is 6.33 Å². The first-order valence-electron chi connectivity index (χ1n) is 5.28. The molecule has 98 valence electrons. The van der Waals surface area contributed by atoms with Crippen molar-refractivity contribution < 1.29 is 8.42 Å². The van der Waals surface area contributed by atoms with Gasteiger partial charge in [-0.3, -0.25) is 4.68 Å². The molecule has 0 aliphatic heterocycles. The number of hydrogen-bond donors (Lipinski definition) is 2. The van der Waals surface area contributed by atoms with Crippen molar-refractivity contribution in [2.45, 2.75) is 0 Å². The van der Waals surface area contributed by atoms with Crippen molar-refractivity contribution in [2.24, 2.45) is 7.05 Å². The molecule has 2 heterocycles. The number of anilines is 1. The molecule has 0 aliphatic carbocycles. The van der Waals surface area contributed by atoms with Crippen molar-refractivity contribution >= 4 is 26.9 Å². The van der Waals surface area contributed by atoms with Crippen molar-refractivity contribution in [3.8, 4) is 0 Å². The number of nitrogens with zero attached hydrogens (tertiary/aromatic N) is 4.